The summed E-state index contributed by atoms with van der Waals surface area (Å²) in [5, 5.41) is 18.4. The van der Waals surface area contributed by atoms with E-state index in [1.807, 2.05) is 6.92 Å². The number of esters is 1. The number of aryl methyl sites for hydroxylation is 2. The second-order valence-electron chi connectivity index (χ2n) is 5.93. The number of thiazole rings is 1. The number of sulfonamides is 1. The number of anilines is 2. The second kappa shape index (κ2) is 8.95. The molecule has 0 bridgehead atoms. The minimum atomic E-state index is -3.73. The average molecular weight is 454 g/mol. The van der Waals surface area contributed by atoms with Crippen LogP contribution in [-0.4, -0.2) is 36.2 Å². The van der Waals surface area contributed by atoms with Crippen LogP contribution in [-0.2, 0) is 26.0 Å². The number of hydrogen-bond donors (Lipinski definition) is 2. The number of carbonyl (C=O) groups is 1. The van der Waals surface area contributed by atoms with Gasteiger partial charge < -0.3 is 10.1 Å². The van der Waals surface area contributed by atoms with Crippen molar-refractivity contribution in [1.82, 2.24) is 15.2 Å². The van der Waals surface area contributed by atoms with E-state index < -0.39 is 10.0 Å². The molecule has 2 heterocycles. The number of carbonyl (C=O) groups excluding carboxylic acids is 1. The van der Waals surface area contributed by atoms with E-state index in [1.165, 1.54) is 34.8 Å². The van der Waals surface area contributed by atoms with Crippen molar-refractivity contribution >= 4 is 48.9 Å². The molecule has 1 aromatic carbocycles. The summed E-state index contributed by atoms with van der Waals surface area (Å²) in [6.45, 7) is 4.00. The molecule has 3 N–H and O–H groups in total. The summed E-state index contributed by atoms with van der Waals surface area (Å²) in [7, 11) is -3.73. The van der Waals surface area contributed by atoms with Crippen molar-refractivity contribution in [3.8, 4) is 10.4 Å². The van der Waals surface area contributed by atoms with Gasteiger partial charge in [0.1, 0.15) is 5.01 Å². The van der Waals surface area contributed by atoms with Crippen LogP contribution >= 0.6 is 22.7 Å². The zero-order valence-electron chi connectivity index (χ0n) is 15.7. The Bertz CT molecular complexity index is 1110. The van der Waals surface area contributed by atoms with Crippen LogP contribution in [0.1, 0.15) is 24.0 Å². The third-order valence-electron chi connectivity index (χ3n) is 3.77. The predicted octanol–water partition coefficient (Wildman–Crippen LogP) is 2.86. The molecular formula is C17H19N5O4S3. The van der Waals surface area contributed by atoms with E-state index in [2.05, 4.69) is 20.5 Å². The summed E-state index contributed by atoms with van der Waals surface area (Å²) in [4.78, 5) is 16.9. The van der Waals surface area contributed by atoms with Gasteiger partial charge in [-0.25, -0.2) is 18.5 Å². The van der Waals surface area contributed by atoms with Crippen LogP contribution in [0.3, 0.4) is 0 Å². The molecule has 154 valence electrons. The fraction of sp³-hybridized carbons (Fsp3) is 0.294. The smallest absolute Gasteiger partial charge is 0.306 e. The van der Waals surface area contributed by atoms with Gasteiger partial charge in [0.15, 0.2) is 5.13 Å². The third-order valence-corrected chi connectivity index (χ3v) is 6.72. The van der Waals surface area contributed by atoms with Crippen molar-refractivity contribution in [3.05, 3.63) is 35.0 Å². The lowest BCUT2D eigenvalue weighted by molar-refractivity contribution is -0.143. The van der Waals surface area contributed by atoms with E-state index in [0.717, 1.165) is 21.1 Å². The number of ether oxygens (including phenoxy) is 1. The molecule has 0 radical (unpaired) electrons. The van der Waals surface area contributed by atoms with E-state index in [1.54, 1.807) is 19.1 Å². The lowest BCUT2D eigenvalue weighted by atomic mass is 10.2. The molecule has 12 heteroatoms. The molecule has 3 rings (SSSR count). The molecular weight excluding hydrogens is 434 g/mol. The van der Waals surface area contributed by atoms with E-state index in [0.29, 0.717) is 23.3 Å². The highest BCUT2D eigenvalue weighted by molar-refractivity contribution is 7.89. The molecule has 0 aliphatic heterocycles. The molecule has 0 aliphatic rings. The van der Waals surface area contributed by atoms with E-state index in [4.69, 9.17) is 9.88 Å². The number of nitrogens with two attached hydrogens (primary N) is 1. The van der Waals surface area contributed by atoms with Crippen LogP contribution in [0.25, 0.3) is 10.4 Å². The van der Waals surface area contributed by atoms with Crippen LogP contribution in [0.4, 0.5) is 10.3 Å². The zero-order valence-corrected chi connectivity index (χ0v) is 18.2. The first-order valence-corrected chi connectivity index (χ1v) is 11.8. The molecule has 29 heavy (non-hydrogen) atoms. The van der Waals surface area contributed by atoms with E-state index in [9.17, 15) is 13.2 Å². The third kappa shape index (κ3) is 5.56. The van der Waals surface area contributed by atoms with Crippen molar-refractivity contribution in [1.29, 1.82) is 0 Å². The van der Waals surface area contributed by atoms with Gasteiger partial charge >= 0.3 is 5.97 Å². The van der Waals surface area contributed by atoms with Gasteiger partial charge in [-0.15, -0.1) is 10.2 Å². The SMILES string of the molecule is CCOC(=O)CCc1nnc(Nc2nc(C)c(-c3ccc(S(N)(=O)=O)cc3)s2)s1. The Hall–Kier alpha value is -2.41. The molecule has 2 aromatic heterocycles. The number of hydrogen-bond acceptors (Lipinski definition) is 10. The monoisotopic (exact) mass is 453 g/mol. The van der Waals surface area contributed by atoms with Crippen molar-refractivity contribution < 1.29 is 17.9 Å². The zero-order chi connectivity index (χ0) is 21.0. The Labute approximate surface area is 176 Å². The Morgan fingerprint density at radius 1 is 1.17 bits per heavy atom. The van der Waals surface area contributed by atoms with E-state index in [-0.39, 0.29) is 17.3 Å². The molecule has 0 aliphatic carbocycles. The van der Waals surface area contributed by atoms with Gasteiger partial charge in [-0.1, -0.05) is 34.8 Å². The summed E-state index contributed by atoms with van der Waals surface area (Å²) in [5.41, 5.74) is 1.64. The van der Waals surface area contributed by atoms with Gasteiger partial charge in [-0.05, 0) is 31.5 Å². The fourth-order valence-electron chi connectivity index (χ4n) is 2.45. The molecule has 0 amide bonds. The first-order chi connectivity index (χ1) is 13.8. The van der Waals surface area contributed by atoms with Crippen LogP contribution in [0.5, 0.6) is 0 Å². The highest BCUT2D eigenvalue weighted by Gasteiger charge is 2.14. The second-order valence-corrected chi connectivity index (χ2v) is 9.56. The number of nitrogens with zero attached hydrogens (tertiary/aromatic N) is 3. The Balaban J connectivity index is 1.69. The maximum atomic E-state index is 11.4. The van der Waals surface area contributed by atoms with Gasteiger partial charge in [0.05, 0.1) is 28.5 Å². The number of primary sulfonamides is 1. The summed E-state index contributed by atoms with van der Waals surface area (Å²) >= 11 is 2.77. The topological polar surface area (TPSA) is 137 Å². The van der Waals surface area contributed by atoms with Crippen LogP contribution in [0, 0.1) is 6.92 Å². The number of nitrogens with one attached hydrogen (secondary N) is 1. The van der Waals surface area contributed by atoms with E-state index >= 15 is 0 Å². The summed E-state index contributed by atoms with van der Waals surface area (Å²) in [6, 6.07) is 6.33. The first kappa shape index (κ1) is 21.3. The summed E-state index contributed by atoms with van der Waals surface area (Å²) < 4.78 is 27.7. The van der Waals surface area contributed by atoms with Crippen LogP contribution in [0.15, 0.2) is 29.2 Å². The number of rotatable bonds is 8. The molecule has 9 nitrogen and oxygen atoms in total. The molecule has 0 saturated heterocycles. The Morgan fingerprint density at radius 2 is 1.90 bits per heavy atom. The van der Waals surface area contributed by atoms with Gasteiger partial charge in [0.25, 0.3) is 0 Å². The standard InChI is InChI=1S/C17H19N5O4S3/c1-3-26-14(23)9-8-13-21-22-17(27-13)20-16-19-10(2)15(28-16)11-4-6-12(7-5-11)29(18,24)25/h4-7H,3,8-9H2,1-2H3,(H2,18,24,25)(H,19,20,22). The molecule has 0 unspecified atom stereocenters. The Kier molecular flexibility index (Phi) is 6.57. The largest absolute Gasteiger partial charge is 0.466 e. The lowest BCUT2D eigenvalue weighted by Crippen LogP contribution is -2.11. The van der Waals surface area contributed by atoms with Crippen molar-refractivity contribution in [2.45, 2.75) is 31.6 Å². The summed E-state index contributed by atoms with van der Waals surface area (Å²) in [6.07, 6.45) is 0.730. The van der Waals surface area contributed by atoms with Crippen LogP contribution < -0.4 is 10.5 Å². The minimum absolute atomic E-state index is 0.0611. The Morgan fingerprint density at radius 3 is 2.55 bits per heavy atom. The maximum absolute atomic E-state index is 11.4. The van der Waals surface area contributed by atoms with Gasteiger partial charge in [0.2, 0.25) is 15.2 Å². The lowest BCUT2D eigenvalue weighted by Gasteiger charge is -2.01. The highest BCUT2D eigenvalue weighted by atomic mass is 32.2. The van der Waals surface area contributed by atoms with Crippen LogP contribution in [0.2, 0.25) is 0 Å². The predicted molar refractivity (Wildman–Crippen MR) is 112 cm³/mol. The van der Waals surface area contributed by atoms with Crippen molar-refractivity contribution in [2.24, 2.45) is 5.14 Å². The van der Waals surface area contributed by atoms with Gasteiger partial charge in [0, 0.05) is 6.42 Å². The van der Waals surface area contributed by atoms with Crippen molar-refractivity contribution in [2.75, 3.05) is 11.9 Å². The first-order valence-electron chi connectivity index (χ1n) is 8.62. The number of benzene rings is 1. The molecule has 0 atom stereocenters. The fourth-order valence-corrected chi connectivity index (χ4v) is 4.74. The molecule has 0 spiro atoms. The quantitative estimate of drug-likeness (QED) is 0.497. The summed E-state index contributed by atoms with van der Waals surface area (Å²) in [5.74, 6) is -0.258. The molecule has 0 fully saturated rings. The molecule has 3 aromatic rings. The number of aromatic nitrogens is 3. The maximum Gasteiger partial charge on any atom is 0.306 e. The highest BCUT2D eigenvalue weighted by Crippen LogP contribution is 2.35. The minimum Gasteiger partial charge on any atom is -0.466 e. The average Bonchev–Trinajstić information content (AvgIpc) is 3.26. The van der Waals surface area contributed by atoms with Crippen molar-refractivity contribution in [3.63, 3.8) is 0 Å². The normalized spacial score (nSPS) is 11.4. The molecule has 0 saturated carbocycles. The van der Waals surface area contributed by atoms with Gasteiger partial charge in [-0.2, -0.15) is 0 Å². The van der Waals surface area contributed by atoms with Gasteiger partial charge in [-0.3, -0.25) is 4.79 Å².